The van der Waals surface area contributed by atoms with Crippen LogP contribution < -0.4 is 4.90 Å². The number of imide groups is 1. The number of hydrogen-bond donors (Lipinski definition) is 0. The summed E-state index contributed by atoms with van der Waals surface area (Å²) < 4.78 is 0. The molecule has 0 unspecified atom stereocenters. The van der Waals surface area contributed by atoms with E-state index in [0.29, 0.717) is 50.5 Å². The fraction of sp³-hybridized carbons (Fsp3) is 0.650. The number of urea groups is 1. The van der Waals surface area contributed by atoms with Crippen LogP contribution in [0.1, 0.15) is 44.1 Å². The maximum Gasteiger partial charge on any atom is 0.327 e. The Bertz CT molecular complexity index is 801. The smallest absolute Gasteiger partial charge is 0.327 e. The monoisotopic (exact) mass is 402 g/mol. The van der Waals surface area contributed by atoms with Crippen LogP contribution in [-0.4, -0.2) is 88.3 Å². The second-order valence-electron chi connectivity index (χ2n) is 8.32. The van der Waals surface area contributed by atoms with Crippen molar-refractivity contribution in [2.75, 3.05) is 45.2 Å². The Morgan fingerprint density at radius 1 is 1.21 bits per heavy atom. The SMILES string of the molecule is CCN1C(=O)N(CC(C)C)C2(CCN(c3cncc(C(=O)N(C)C)n3)CC2)C1=O. The minimum absolute atomic E-state index is 0.0899. The van der Waals surface area contributed by atoms with Crippen molar-refractivity contribution in [3.63, 3.8) is 0 Å². The minimum Gasteiger partial charge on any atom is -0.355 e. The normalized spacial score (nSPS) is 18.9. The largest absolute Gasteiger partial charge is 0.355 e. The number of rotatable bonds is 5. The molecule has 2 aliphatic heterocycles. The zero-order valence-electron chi connectivity index (χ0n) is 17.9. The van der Waals surface area contributed by atoms with Crippen LogP contribution in [-0.2, 0) is 4.79 Å². The minimum atomic E-state index is -0.779. The lowest BCUT2D eigenvalue weighted by atomic mass is 9.85. The van der Waals surface area contributed by atoms with Gasteiger partial charge in [-0.3, -0.25) is 19.5 Å². The summed E-state index contributed by atoms with van der Waals surface area (Å²) >= 11 is 0. The highest BCUT2D eigenvalue weighted by atomic mass is 16.2. The van der Waals surface area contributed by atoms with E-state index in [1.54, 1.807) is 25.2 Å². The third kappa shape index (κ3) is 3.65. The lowest BCUT2D eigenvalue weighted by Crippen LogP contribution is -2.57. The van der Waals surface area contributed by atoms with Gasteiger partial charge in [-0.25, -0.2) is 9.78 Å². The molecule has 158 valence electrons. The summed E-state index contributed by atoms with van der Waals surface area (Å²) in [6, 6.07) is -0.182. The van der Waals surface area contributed by atoms with Gasteiger partial charge in [-0.2, -0.15) is 0 Å². The second kappa shape index (κ2) is 7.96. The molecule has 9 heteroatoms. The quantitative estimate of drug-likeness (QED) is 0.693. The Balaban J connectivity index is 1.81. The van der Waals surface area contributed by atoms with E-state index in [9.17, 15) is 14.4 Å². The summed E-state index contributed by atoms with van der Waals surface area (Å²) in [7, 11) is 3.35. The van der Waals surface area contributed by atoms with Gasteiger partial charge in [-0.1, -0.05) is 13.8 Å². The molecule has 0 radical (unpaired) electrons. The summed E-state index contributed by atoms with van der Waals surface area (Å²) in [4.78, 5) is 53.4. The first-order valence-electron chi connectivity index (χ1n) is 10.1. The van der Waals surface area contributed by atoms with Gasteiger partial charge in [0.05, 0.1) is 12.4 Å². The van der Waals surface area contributed by atoms with Gasteiger partial charge in [0.15, 0.2) is 0 Å². The van der Waals surface area contributed by atoms with Gasteiger partial charge >= 0.3 is 6.03 Å². The molecule has 3 rings (SSSR count). The highest BCUT2D eigenvalue weighted by Crippen LogP contribution is 2.38. The van der Waals surface area contributed by atoms with E-state index in [1.165, 1.54) is 16.0 Å². The van der Waals surface area contributed by atoms with Crippen molar-refractivity contribution in [2.45, 2.75) is 39.2 Å². The Hall–Kier alpha value is -2.71. The Labute approximate surface area is 171 Å². The highest BCUT2D eigenvalue weighted by molar-refractivity contribution is 6.07. The molecule has 2 saturated heterocycles. The van der Waals surface area contributed by atoms with Crippen LogP contribution in [0.15, 0.2) is 12.4 Å². The van der Waals surface area contributed by atoms with Gasteiger partial charge in [0.2, 0.25) is 0 Å². The van der Waals surface area contributed by atoms with Crippen LogP contribution >= 0.6 is 0 Å². The van der Waals surface area contributed by atoms with E-state index < -0.39 is 5.54 Å². The van der Waals surface area contributed by atoms with Crippen LogP contribution in [0, 0.1) is 5.92 Å². The average Bonchev–Trinajstić information content (AvgIpc) is 2.88. The number of carbonyl (C=O) groups excluding carboxylic acids is 3. The van der Waals surface area contributed by atoms with Gasteiger partial charge in [-0.05, 0) is 25.7 Å². The molecule has 0 aromatic carbocycles. The molecule has 2 fully saturated rings. The molecule has 0 atom stereocenters. The van der Waals surface area contributed by atoms with Crippen LogP contribution in [0.2, 0.25) is 0 Å². The summed E-state index contributed by atoms with van der Waals surface area (Å²) in [5.41, 5.74) is -0.489. The molecule has 0 saturated carbocycles. The topological polar surface area (TPSA) is 90.0 Å². The molecule has 9 nitrogen and oxygen atoms in total. The van der Waals surface area contributed by atoms with E-state index >= 15 is 0 Å². The fourth-order valence-electron chi connectivity index (χ4n) is 4.11. The van der Waals surface area contributed by atoms with Gasteiger partial charge in [-0.15, -0.1) is 0 Å². The molecular weight excluding hydrogens is 372 g/mol. The van der Waals surface area contributed by atoms with E-state index in [0.717, 1.165) is 0 Å². The number of carbonyl (C=O) groups is 3. The van der Waals surface area contributed by atoms with E-state index in [1.807, 2.05) is 11.8 Å². The number of piperidine rings is 1. The van der Waals surface area contributed by atoms with Crippen LogP contribution in [0.5, 0.6) is 0 Å². The molecule has 0 N–H and O–H groups in total. The van der Waals surface area contributed by atoms with Gasteiger partial charge in [0.25, 0.3) is 11.8 Å². The number of amides is 4. The third-order valence-corrected chi connectivity index (χ3v) is 5.65. The number of anilines is 1. The lowest BCUT2D eigenvalue weighted by Gasteiger charge is -2.43. The van der Waals surface area contributed by atoms with Crippen molar-refractivity contribution >= 4 is 23.7 Å². The van der Waals surface area contributed by atoms with Gasteiger partial charge in [0, 0.05) is 40.3 Å². The van der Waals surface area contributed by atoms with Crippen molar-refractivity contribution in [3.8, 4) is 0 Å². The molecule has 0 bridgehead atoms. The highest BCUT2D eigenvalue weighted by Gasteiger charge is 2.57. The molecule has 1 aromatic heterocycles. The zero-order chi connectivity index (χ0) is 21.3. The molecule has 2 aliphatic rings. The third-order valence-electron chi connectivity index (χ3n) is 5.65. The first kappa shape index (κ1) is 21.0. The Morgan fingerprint density at radius 2 is 1.86 bits per heavy atom. The summed E-state index contributed by atoms with van der Waals surface area (Å²) in [6.07, 6.45) is 4.17. The van der Waals surface area contributed by atoms with E-state index in [2.05, 4.69) is 23.8 Å². The summed E-state index contributed by atoms with van der Waals surface area (Å²) in [6.45, 7) is 8.03. The van der Waals surface area contributed by atoms with Gasteiger partial charge < -0.3 is 14.7 Å². The standard InChI is InChI=1S/C20H30N6O3/c1-6-25-18(28)20(26(19(25)29)13-14(2)3)7-9-24(10-8-20)16-12-21-11-15(22-16)17(27)23(4)5/h11-12,14H,6-10,13H2,1-5H3. The first-order valence-corrected chi connectivity index (χ1v) is 10.1. The number of likely N-dealkylation sites (N-methyl/N-ethyl adjacent to an activating group) is 1. The van der Waals surface area contributed by atoms with Crippen molar-refractivity contribution in [1.29, 1.82) is 0 Å². The van der Waals surface area contributed by atoms with Gasteiger partial charge in [0.1, 0.15) is 17.1 Å². The van der Waals surface area contributed by atoms with Crippen LogP contribution in [0.4, 0.5) is 10.6 Å². The molecular formula is C20H30N6O3. The average molecular weight is 402 g/mol. The molecule has 29 heavy (non-hydrogen) atoms. The predicted octanol–water partition coefficient (Wildman–Crippen LogP) is 1.46. The fourth-order valence-corrected chi connectivity index (χ4v) is 4.11. The predicted molar refractivity (Wildman–Crippen MR) is 109 cm³/mol. The number of aromatic nitrogens is 2. The van der Waals surface area contributed by atoms with Crippen LogP contribution in [0.3, 0.4) is 0 Å². The lowest BCUT2D eigenvalue weighted by molar-refractivity contribution is -0.134. The first-order chi connectivity index (χ1) is 13.7. The Morgan fingerprint density at radius 3 is 2.41 bits per heavy atom. The molecule has 3 heterocycles. The maximum atomic E-state index is 13.1. The van der Waals surface area contributed by atoms with Crippen molar-refractivity contribution < 1.29 is 14.4 Å². The molecule has 4 amide bonds. The van der Waals surface area contributed by atoms with Crippen molar-refractivity contribution in [3.05, 3.63) is 18.1 Å². The van der Waals surface area contributed by atoms with Crippen molar-refractivity contribution in [2.24, 2.45) is 5.92 Å². The van der Waals surface area contributed by atoms with Crippen LogP contribution in [0.25, 0.3) is 0 Å². The Kier molecular flexibility index (Phi) is 5.77. The molecule has 0 aliphatic carbocycles. The second-order valence-corrected chi connectivity index (χ2v) is 8.32. The number of nitrogens with zero attached hydrogens (tertiary/aromatic N) is 6. The maximum absolute atomic E-state index is 13.1. The molecule has 1 aromatic rings. The summed E-state index contributed by atoms with van der Waals surface area (Å²) in [5.74, 6) is 0.601. The zero-order valence-corrected chi connectivity index (χ0v) is 17.9. The molecule has 1 spiro atoms. The van der Waals surface area contributed by atoms with E-state index in [4.69, 9.17) is 0 Å². The van der Waals surface area contributed by atoms with E-state index in [-0.39, 0.29) is 23.8 Å². The number of hydrogen-bond acceptors (Lipinski definition) is 6. The van der Waals surface area contributed by atoms with Crippen molar-refractivity contribution in [1.82, 2.24) is 24.7 Å². The summed E-state index contributed by atoms with van der Waals surface area (Å²) in [5, 5.41) is 0.